The third kappa shape index (κ3) is 3.08. The van der Waals surface area contributed by atoms with Crippen molar-refractivity contribution in [3.05, 3.63) is 23.3 Å². The Morgan fingerprint density at radius 1 is 1.55 bits per heavy atom. The van der Waals surface area contributed by atoms with Gasteiger partial charge in [0.25, 0.3) is 5.89 Å². The minimum Gasteiger partial charge on any atom is -0.333 e. The van der Waals surface area contributed by atoms with Crippen LogP contribution in [0, 0.1) is 0 Å². The van der Waals surface area contributed by atoms with E-state index in [0.29, 0.717) is 11.9 Å². The van der Waals surface area contributed by atoms with E-state index in [0.717, 1.165) is 43.3 Å². The molecule has 0 saturated carbocycles. The molecule has 3 heterocycles. The largest absolute Gasteiger partial charge is 0.333 e. The first-order chi connectivity index (χ1) is 9.86. The SMILES string of the molecule is CCCN(Cc1noc(-c2cccs2)n1)C1CCNC1. The van der Waals surface area contributed by atoms with Crippen molar-refractivity contribution in [2.45, 2.75) is 32.4 Å². The Kier molecular flexibility index (Phi) is 4.44. The molecule has 6 heteroatoms. The van der Waals surface area contributed by atoms with Gasteiger partial charge in [-0.3, -0.25) is 4.90 Å². The van der Waals surface area contributed by atoms with E-state index in [9.17, 15) is 0 Å². The van der Waals surface area contributed by atoms with Crippen molar-refractivity contribution in [3.8, 4) is 10.8 Å². The van der Waals surface area contributed by atoms with Crippen LogP contribution in [0.5, 0.6) is 0 Å². The highest BCUT2D eigenvalue weighted by Gasteiger charge is 2.23. The van der Waals surface area contributed by atoms with Crippen molar-refractivity contribution in [1.29, 1.82) is 0 Å². The predicted octanol–water partition coefficient (Wildman–Crippen LogP) is 2.37. The Bertz CT molecular complexity index is 519. The Balaban J connectivity index is 1.68. The predicted molar refractivity (Wildman–Crippen MR) is 79.6 cm³/mol. The average Bonchev–Trinajstić information content (AvgIpc) is 3.20. The van der Waals surface area contributed by atoms with Gasteiger partial charge in [-0.15, -0.1) is 11.3 Å². The second-order valence-electron chi connectivity index (χ2n) is 5.11. The van der Waals surface area contributed by atoms with Gasteiger partial charge < -0.3 is 9.84 Å². The Morgan fingerprint density at radius 3 is 3.20 bits per heavy atom. The summed E-state index contributed by atoms with van der Waals surface area (Å²) >= 11 is 1.62. The lowest BCUT2D eigenvalue weighted by atomic mass is 10.2. The van der Waals surface area contributed by atoms with Gasteiger partial charge >= 0.3 is 0 Å². The third-order valence-corrected chi connectivity index (χ3v) is 4.46. The van der Waals surface area contributed by atoms with Crippen molar-refractivity contribution in [3.63, 3.8) is 0 Å². The zero-order valence-corrected chi connectivity index (χ0v) is 12.5. The first-order valence-electron chi connectivity index (χ1n) is 7.18. The van der Waals surface area contributed by atoms with E-state index in [-0.39, 0.29) is 0 Å². The van der Waals surface area contributed by atoms with Crippen LogP contribution >= 0.6 is 11.3 Å². The fraction of sp³-hybridized carbons (Fsp3) is 0.571. The van der Waals surface area contributed by atoms with Crippen LogP contribution in [0.4, 0.5) is 0 Å². The Morgan fingerprint density at radius 2 is 2.50 bits per heavy atom. The molecule has 1 unspecified atom stereocenters. The smallest absolute Gasteiger partial charge is 0.268 e. The molecule has 1 saturated heterocycles. The second-order valence-corrected chi connectivity index (χ2v) is 6.06. The second kappa shape index (κ2) is 6.47. The van der Waals surface area contributed by atoms with Gasteiger partial charge in [-0.1, -0.05) is 18.1 Å². The maximum Gasteiger partial charge on any atom is 0.268 e. The summed E-state index contributed by atoms with van der Waals surface area (Å²) in [7, 11) is 0. The molecule has 1 fully saturated rings. The monoisotopic (exact) mass is 292 g/mol. The van der Waals surface area contributed by atoms with Crippen molar-refractivity contribution < 1.29 is 4.52 Å². The lowest BCUT2D eigenvalue weighted by molar-refractivity contribution is 0.192. The molecule has 0 aromatic carbocycles. The number of aromatic nitrogens is 2. The lowest BCUT2D eigenvalue weighted by Gasteiger charge is -2.26. The van der Waals surface area contributed by atoms with E-state index in [4.69, 9.17) is 4.52 Å². The molecule has 0 aliphatic carbocycles. The topological polar surface area (TPSA) is 54.2 Å². The van der Waals surface area contributed by atoms with E-state index in [1.54, 1.807) is 11.3 Å². The van der Waals surface area contributed by atoms with E-state index in [1.165, 1.54) is 6.42 Å². The van der Waals surface area contributed by atoms with Crippen molar-refractivity contribution >= 4 is 11.3 Å². The van der Waals surface area contributed by atoms with Crippen LogP contribution in [-0.2, 0) is 6.54 Å². The van der Waals surface area contributed by atoms with Crippen molar-refractivity contribution in [2.24, 2.45) is 0 Å². The number of hydrogen-bond acceptors (Lipinski definition) is 6. The van der Waals surface area contributed by atoms with Gasteiger partial charge in [0.05, 0.1) is 11.4 Å². The maximum atomic E-state index is 5.36. The van der Waals surface area contributed by atoms with Crippen molar-refractivity contribution in [1.82, 2.24) is 20.4 Å². The zero-order chi connectivity index (χ0) is 13.8. The molecule has 1 aliphatic heterocycles. The summed E-state index contributed by atoms with van der Waals surface area (Å²) in [4.78, 5) is 8.01. The average molecular weight is 292 g/mol. The molecular formula is C14H20N4OS. The molecule has 0 amide bonds. The summed E-state index contributed by atoms with van der Waals surface area (Å²) in [6, 6.07) is 4.60. The Hall–Kier alpha value is -1.24. The number of thiophene rings is 1. The number of hydrogen-bond donors (Lipinski definition) is 1. The molecule has 5 nitrogen and oxygen atoms in total. The van der Waals surface area contributed by atoms with Gasteiger partial charge in [-0.2, -0.15) is 4.98 Å². The van der Waals surface area contributed by atoms with Crippen LogP contribution < -0.4 is 5.32 Å². The van der Waals surface area contributed by atoms with Gasteiger partial charge in [-0.25, -0.2) is 0 Å². The standard InChI is InChI=1S/C14H20N4OS/c1-2-7-18(11-5-6-15-9-11)10-13-16-14(19-17-13)12-4-3-8-20-12/h3-4,8,11,15H,2,5-7,9-10H2,1H3. The van der Waals surface area contributed by atoms with E-state index < -0.39 is 0 Å². The highest BCUT2D eigenvalue weighted by molar-refractivity contribution is 7.13. The van der Waals surface area contributed by atoms with Gasteiger partial charge in [0.2, 0.25) is 0 Å². The number of nitrogens with zero attached hydrogens (tertiary/aromatic N) is 3. The zero-order valence-electron chi connectivity index (χ0n) is 11.7. The normalized spacial score (nSPS) is 19.0. The van der Waals surface area contributed by atoms with Gasteiger partial charge in [0.15, 0.2) is 5.82 Å². The highest BCUT2D eigenvalue weighted by atomic mass is 32.1. The molecule has 108 valence electrons. The van der Waals surface area contributed by atoms with E-state index in [1.807, 2.05) is 17.5 Å². The van der Waals surface area contributed by atoms with Crippen LogP contribution in [0.2, 0.25) is 0 Å². The number of nitrogens with one attached hydrogen (secondary N) is 1. The van der Waals surface area contributed by atoms with Crippen LogP contribution in [0.1, 0.15) is 25.6 Å². The van der Waals surface area contributed by atoms with Crippen LogP contribution in [-0.4, -0.2) is 40.7 Å². The van der Waals surface area contributed by atoms with E-state index in [2.05, 4.69) is 27.3 Å². The minimum atomic E-state index is 0.596. The molecule has 0 spiro atoms. The molecule has 0 bridgehead atoms. The third-order valence-electron chi connectivity index (χ3n) is 3.61. The first-order valence-corrected chi connectivity index (χ1v) is 8.06. The van der Waals surface area contributed by atoms with Crippen LogP contribution in [0.25, 0.3) is 10.8 Å². The first kappa shape index (κ1) is 13.7. The fourth-order valence-electron chi connectivity index (χ4n) is 2.63. The summed E-state index contributed by atoms with van der Waals surface area (Å²) in [5, 5.41) is 9.57. The number of rotatable bonds is 6. The molecule has 1 aliphatic rings. The summed E-state index contributed by atoms with van der Waals surface area (Å²) in [6.45, 7) is 6.24. The van der Waals surface area contributed by atoms with Gasteiger partial charge in [0, 0.05) is 12.6 Å². The summed E-state index contributed by atoms with van der Waals surface area (Å²) in [6.07, 6.45) is 2.35. The fourth-order valence-corrected chi connectivity index (χ4v) is 3.27. The molecular weight excluding hydrogens is 272 g/mol. The molecule has 1 N–H and O–H groups in total. The van der Waals surface area contributed by atoms with Gasteiger partial charge in [-0.05, 0) is 37.4 Å². The molecule has 0 radical (unpaired) electrons. The van der Waals surface area contributed by atoms with Gasteiger partial charge in [0.1, 0.15) is 0 Å². The summed E-state index contributed by atoms with van der Waals surface area (Å²) < 4.78 is 5.36. The molecule has 3 rings (SSSR count). The summed E-state index contributed by atoms with van der Waals surface area (Å²) in [5.74, 6) is 1.42. The molecule has 2 aromatic rings. The molecule has 20 heavy (non-hydrogen) atoms. The highest BCUT2D eigenvalue weighted by Crippen LogP contribution is 2.23. The van der Waals surface area contributed by atoms with Crippen LogP contribution in [0.15, 0.2) is 22.0 Å². The molecule has 1 atom stereocenters. The quantitative estimate of drug-likeness (QED) is 0.886. The Labute approximate surface area is 123 Å². The van der Waals surface area contributed by atoms with E-state index >= 15 is 0 Å². The van der Waals surface area contributed by atoms with Crippen molar-refractivity contribution in [2.75, 3.05) is 19.6 Å². The molecule has 2 aromatic heterocycles. The minimum absolute atomic E-state index is 0.596. The maximum absolute atomic E-state index is 5.36. The lowest BCUT2D eigenvalue weighted by Crippen LogP contribution is -2.37. The summed E-state index contributed by atoms with van der Waals surface area (Å²) in [5.41, 5.74) is 0. The van der Waals surface area contributed by atoms with Crippen LogP contribution in [0.3, 0.4) is 0 Å².